The van der Waals surface area contributed by atoms with Crippen LogP contribution in [0.15, 0.2) is 90.6 Å². The molecule has 0 aromatic heterocycles. The van der Waals surface area contributed by atoms with Crippen LogP contribution < -0.4 is 10.2 Å². The summed E-state index contributed by atoms with van der Waals surface area (Å²) in [7, 11) is 0. The molecule has 4 aromatic carbocycles. The van der Waals surface area contributed by atoms with Crippen molar-refractivity contribution >= 4 is 51.1 Å². The summed E-state index contributed by atoms with van der Waals surface area (Å²) in [6.45, 7) is 4.00. The zero-order valence-corrected chi connectivity index (χ0v) is 19.0. The second-order valence-electron chi connectivity index (χ2n) is 8.07. The van der Waals surface area contributed by atoms with E-state index in [1.165, 1.54) is 4.90 Å². The molecule has 0 saturated heterocycles. The molecule has 0 fully saturated rings. The Bertz CT molecular complexity index is 1450. The lowest BCUT2D eigenvalue weighted by Gasteiger charge is -2.18. The van der Waals surface area contributed by atoms with Crippen molar-refractivity contribution in [3.63, 3.8) is 0 Å². The molecule has 0 aliphatic carbocycles. The SMILES string of the molecule is Cc1cccc(NC2=C(c3ccc(Cl)cc3)C(=O)N(c3cccc4ccccc34)C2=O)c1C. The average molecular weight is 453 g/mol. The van der Waals surface area contributed by atoms with Crippen molar-refractivity contribution in [3.05, 3.63) is 112 Å². The number of carbonyl (C=O) groups is 2. The van der Waals surface area contributed by atoms with Gasteiger partial charge in [-0.15, -0.1) is 0 Å². The summed E-state index contributed by atoms with van der Waals surface area (Å²) in [5, 5.41) is 5.63. The second kappa shape index (κ2) is 8.23. The lowest BCUT2D eigenvalue weighted by molar-refractivity contribution is -0.120. The topological polar surface area (TPSA) is 49.4 Å². The molecule has 2 amide bonds. The second-order valence-corrected chi connectivity index (χ2v) is 8.51. The number of amides is 2. The number of nitrogens with zero attached hydrogens (tertiary/aromatic N) is 1. The van der Waals surface area contributed by atoms with E-state index in [0.29, 0.717) is 21.8 Å². The summed E-state index contributed by atoms with van der Waals surface area (Å²) in [6.07, 6.45) is 0. The minimum atomic E-state index is -0.387. The van der Waals surface area contributed by atoms with Crippen molar-refractivity contribution in [1.82, 2.24) is 0 Å². The van der Waals surface area contributed by atoms with E-state index < -0.39 is 0 Å². The predicted octanol–water partition coefficient (Wildman–Crippen LogP) is 6.51. The van der Waals surface area contributed by atoms with Gasteiger partial charge in [0.25, 0.3) is 11.8 Å². The quantitative estimate of drug-likeness (QED) is 0.359. The molecular formula is C28H21ClN2O2. The summed E-state index contributed by atoms with van der Waals surface area (Å²) >= 11 is 6.08. The fourth-order valence-electron chi connectivity index (χ4n) is 4.17. The first-order chi connectivity index (χ1) is 16.0. The largest absolute Gasteiger partial charge is 0.350 e. The maximum atomic E-state index is 13.8. The number of hydrogen-bond acceptors (Lipinski definition) is 3. The van der Waals surface area contributed by atoms with Gasteiger partial charge in [-0.05, 0) is 60.2 Å². The minimum Gasteiger partial charge on any atom is -0.350 e. The minimum absolute atomic E-state index is 0.254. The number of benzene rings is 4. The van der Waals surface area contributed by atoms with E-state index in [9.17, 15) is 9.59 Å². The molecule has 162 valence electrons. The van der Waals surface area contributed by atoms with E-state index in [1.54, 1.807) is 30.3 Å². The molecule has 4 nitrogen and oxygen atoms in total. The van der Waals surface area contributed by atoms with Gasteiger partial charge in [0.1, 0.15) is 5.70 Å². The molecule has 33 heavy (non-hydrogen) atoms. The zero-order valence-electron chi connectivity index (χ0n) is 18.2. The molecule has 0 bridgehead atoms. The number of rotatable bonds is 4. The smallest absolute Gasteiger partial charge is 0.282 e. The van der Waals surface area contributed by atoms with Crippen molar-refractivity contribution in [2.24, 2.45) is 0 Å². The molecule has 5 rings (SSSR count). The highest BCUT2D eigenvalue weighted by Crippen LogP contribution is 2.37. The van der Waals surface area contributed by atoms with E-state index in [1.807, 2.05) is 68.4 Å². The van der Waals surface area contributed by atoms with Gasteiger partial charge >= 0.3 is 0 Å². The number of carbonyl (C=O) groups excluding carboxylic acids is 2. The first-order valence-corrected chi connectivity index (χ1v) is 11.0. The van der Waals surface area contributed by atoms with Crippen LogP contribution in [-0.4, -0.2) is 11.8 Å². The lowest BCUT2D eigenvalue weighted by atomic mass is 10.0. The Morgan fingerprint density at radius 2 is 1.45 bits per heavy atom. The van der Waals surface area contributed by atoms with Crippen LogP contribution in [0.1, 0.15) is 16.7 Å². The van der Waals surface area contributed by atoms with E-state index in [-0.39, 0.29) is 17.5 Å². The third-order valence-corrected chi connectivity index (χ3v) is 6.34. The third-order valence-electron chi connectivity index (χ3n) is 6.09. The molecule has 1 aliphatic heterocycles. The average Bonchev–Trinajstić information content (AvgIpc) is 3.06. The van der Waals surface area contributed by atoms with Crippen LogP contribution in [0.4, 0.5) is 11.4 Å². The fraction of sp³-hybridized carbons (Fsp3) is 0.0714. The number of halogens is 1. The van der Waals surface area contributed by atoms with Gasteiger partial charge < -0.3 is 5.32 Å². The maximum Gasteiger partial charge on any atom is 0.282 e. The van der Waals surface area contributed by atoms with E-state index in [2.05, 4.69) is 5.32 Å². The van der Waals surface area contributed by atoms with E-state index >= 15 is 0 Å². The number of imide groups is 1. The van der Waals surface area contributed by atoms with Crippen LogP contribution in [0, 0.1) is 13.8 Å². The van der Waals surface area contributed by atoms with Crippen molar-refractivity contribution in [2.45, 2.75) is 13.8 Å². The summed E-state index contributed by atoms with van der Waals surface area (Å²) in [5.74, 6) is -0.756. The number of anilines is 2. The highest BCUT2D eigenvalue weighted by atomic mass is 35.5. The lowest BCUT2D eigenvalue weighted by Crippen LogP contribution is -2.32. The number of hydrogen-bond donors (Lipinski definition) is 1. The number of aryl methyl sites for hydroxylation is 1. The van der Waals surface area contributed by atoms with Gasteiger partial charge in [-0.1, -0.05) is 72.3 Å². The Morgan fingerprint density at radius 1 is 0.758 bits per heavy atom. The van der Waals surface area contributed by atoms with Crippen molar-refractivity contribution < 1.29 is 9.59 Å². The van der Waals surface area contributed by atoms with Gasteiger partial charge in [0.15, 0.2) is 0 Å². The molecule has 0 spiro atoms. The monoisotopic (exact) mass is 452 g/mol. The van der Waals surface area contributed by atoms with Crippen LogP contribution in [0.5, 0.6) is 0 Å². The Balaban J connectivity index is 1.68. The van der Waals surface area contributed by atoms with Crippen molar-refractivity contribution in [1.29, 1.82) is 0 Å². The van der Waals surface area contributed by atoms with Crippen LogP contribution in [0.2, 0.25) is 5.02 Å². The Morgan fingerprint density at radius 3 is 2.24 bits per heavy atom. The summed E-state index contributed by atoms with van der Waals surface area (Å²) < 4.78 is 0. The van der Waals surface area contributed by atoms with Crippen LogP contribution >= 0.6 is 11.6 Å². The zero-order chi connectivity index (χ0) is 23.1. The van der Waals surface area contributed by atoms with Gasteiger partial charge in [-0.2, -0.15) is 0 Å². The molecule has 0 atom stereocenters. The Kier molecular flexibility index (Phi) is 5.23. The molecule has 1 heterocycles. The number of fused-ring (bicyclic) bond motifs is 1. The van der Waals surface area contributed by atoms with Gasteiger partial charge in [-0.3, -0.25) is 9.59 Å². The normalized spacial score (nSPS) is 13.8. The van der Waals surface area contributed by atoms with Gasteiger partial charge in [0.05, 0.1) is 11.3 Å². The van der Waals surface area contributed by atoms with Crippen LogP contribution in [-0.2, 0) is 9.59 Å². The van der Waals surface area contributed by atoms with Gasteiger partial charge in [0, 0.05) is 16.1 Å². The molecule has 4 aromatic rings. The standard InChI is InChI=1S/C28H21ClN2O2/c1-17-7-5-11-23(18(17)2)30-26-25(20-13-15-21(29)16-14-20)27(32)31(28(26)33)24-12-6-9-19-8-3-4-10-22(19)24/h3-16,30H,1-2H3. The molecule has 1 aliphatic rings. The highest BCUT2D eigenvalue weighted by molar-refractivity contribution is 6.47. The van der Waals surface area contributed by atoms with E-state index in [4.69, 9.17) is 11.6 Å². The van der Waals surface area contributed by atoms with Crippen LogP contribution in [0.3, 0.4) is 0 Å². The first kappa shape index (κ1) is 21.0. The fourth-order valence-corrected chi connectivity index (χ4v) is 4.30. The molecular weight excluding hydrogens is 432 g/mol. The Labute approximate surface area is 197 Å². The first-order valence-electron chi connectivity index (χ1n) is 10.7. The van der Waals surface area contributed by atoms with Gasteiger partial charge in [-0.25, -0.2) is 4.90 Å². The molecule has 0 unspecified atom stereocenters. The van der Waals surface area contributed by atoms with Crippen LogP contribution in [0.25, 0.3) is 16.3 Å². The molecule has 1 N–H and O–H groups in total. The summed E-state index contributed by atoms with van der Waals surface area (Å²) in [4.78, 5) is 28.8. The maximum absolute atomic E-state index is 13.8. The van der Waals surface area contributed by atoms with Gasteiger partial charge in [0.2, 0.25) is 0 Å². The Hall–Kier alpha value is -3.89. The molecule has 5 heteroatoms. The van der Waals surface area contributed by atoms with Crippen molar-refractivity contribution in [2.75, 3.05) is 10.2 Å². The van der Waals surface area contributed by atoms with Crippen molar-refractivity contribution in [3.8, 4) is 0 Å². The van der Waals surface area contributed by atoms with E-state index in [0.717, 1.165) is 27.6 Å². The third kappa shape index (κ3) is 3.59. The highest BCUT2D eigenvalue weighted by Gasteiger charge is 2.41. The summed E-state index contributed by atoms with van der Waals surface area (Å²) in [5.41, 5.74) is 4.67. The number of nitrogens with one attached hydrogen (secondary N) is 1. The predicted molar refractivity (Wildman–Crippen MR) is 134 cm³/mol. The molecule has 0 radical (unpaired) electrons. The molecule has 0 saturated carbocycles. The summed E-state index contributed by atoms with van der Waals surface area (Å²) in [6, 6.07) is 26.2.